The van der Waals surface area contributed by atoms with Gasteiger partial charge in [0.25, 0.3) is 0 Å². The second-order valence-corrected chi connectivity index (χ2v) is 5.93. The van der Waals surface area contributed by atoms with Crippen molar-refractivity contribution in [1.29, 1.82) is 5.26 Å². The van der Waals surface area contributed by atoms with E-state index < -0.39 is 11.7 Å². The summed E-state index contributed by atoms with van der Waals surface area (Å²) in [4.78, 5) is 1.10. The summed E-state index contributed by atoms with van der Waals surface area (Å²) in [5, 5.41) is 9.73. The van der Waals surface area contributed by atoms with E-state index in [4.69, 9.17) is 28.5 Å². The molecule has 0 aliphatic rings. The van der Waals surface area contributed by atoms with Gasteiger partial charge in [-0.05, 0) is 36.4 Å². The van der Waals surface area contributed by atoms with Crippen molar-refractivity contribution < 1.29 is 13.2 Å². The highest BCUT2D eigenvalue weighted by molar-refractivity contribution is 7.99. The molecule has 1 nitrogen and oxygen atoms in total. The molecule has 2 rings (SSSR count). The summed E-state index contributed by atoms with van der Waals surface area (Å²) >= 11 is 12.8. The van der Waals surface area contributed by atoms with Crippen molar-refractivity contribution >= 4 is 35.0 Å². The monoisotopic (exact) mass is 347 g/mol. The molecule has 0 spiro atoms. The lowest BCUT2D eigenvalue weighted by Gasteiger charge is -2.10. The minimum Gasteiger partial charge on any atom is -0.192 e. The second kappa shape index (κ2) is 6.18. The Hall–Kier alpha value is -1.35. The molecule has 0 aliphatic heterocycles. The van der Waals surface area contributed by atoms with E-state index in [1.807, 2.05) is 0 Å². The van der Waals surface area contributed by atoms with Crippen LogP contribution in [-0.4, -0.2) is 0 Å². The first-order valence-corrected chi connectivity index (χ1v) is 7.13. The fourth-order valence-electron chi connectivity index (χ4n) is 1.55. The first kappa shape index (κ1) is 16.0. The number of alkyl halides is 3. The van der Waals surface area contributed by atoms with Crippen LogP contribution in [0.4, 0.5) is 13.2 Å². The average Bonchev–Trinajstić information content (AvgIpc) is 2.42. The molecule has 0 atom stereocenters. The van der Waals surface area contributed by atoms with Crippen molar-refractivity contribution in [3.05, 3.63) is 57.6 Å². The number of halogens is 5. The topological polar surface area (TPSA) is 23.8 Å². The van der Waals surface area contributed by atoms with Gasteiger partial charge in [0.05, 0.1) is 21.2 Å². The van der Waals surface area contributed by atoms with Gasteiger partial charge in [-0.3, -0.25) is 0 Å². The quantitative estimate of drug-likeness (QED) is 0.661. The van der Waals surface area contributed by atoms with E-state index in [0.717, 1.165) is 23.9 Å². The lowest BCUT2D eigenvalue weighted by molar-refractivity contribution is -0.137. The lowest BCUT2D eigenvalue weighted by Crippen LogP contribution is -2.05. The Kier molecular flexibility index (Phi) is 4.72. The smallest absolute Gasteiger partial charge is 0.192 e. The lowest BCUT2D eigenvalue weighted by atomic mass is 10.1. The minimum absolute atomic E-state index is 0.0408. The van der Waals surface area contributed by atoms with Crippen LogP contribution < -0.4 is 0 Å². The Bertz CT molecular complexity index is 723. The Labute approximate surface area is 133 Å². The van der Waals surface area contributed by atoms with Crippen LogP contribution in [0, 0.1) is 11.3 Å². The number of benzene rings is 2. The minimum atomic E-state index is -4.47. The van der Waals surface area contributed by atoms with Gasteiger partial charge in [-0.1, -0.05) is 35.0 Å². The van der Waals surface area contributed by atoms with Crippen molar-refractivity contribution in [2.24, 2.45) is 0 Å². The molecule has 0 fully saturated rings. The standard InChI is InChI=1S/C14H6Cl2F3NS/c15-11-3-2-10(6-12(11)16)21-13-4-1-9(14(17,18)19)5-8(13)7-20/h1-6H. The van der Waals surface area contributed by atoms with Gasteiger partial charge in [0.2, 0.25) is 0 Å². The molecule has 0 saturated heterocycles. The van der Waals surface area contributed by atoms with Crippen molar-refractivity contribution in [2.45, 2.75) is 16.0 Å². The summed E-state index contributed by atoms with van der Waals surface area (Å²) in [6.45, 7) is 0. The van der Waals surface area contributed by atoms with Crippen LogP contribution in [-0.2, 0) is 6.18 Å². The van der Waals surface area contributed by atoms with Crippen LogP contribution in [0.2, 0.25) is 10.0 Å². The molecule has 0 aliphatic carbocycles. The summed E-state index contributed by atoms with van der Waals surface area (Å²) in [5.41, 5.74) is -0.890. The van der Waals surface area contributed by atoms with Gasteiger partial charge in [-0.2, -0.15) is 18.4 Å². The highest BCUT2D eigenvalue weighted by Gasteiger charge is 2.31. The Morgan fingerprint density at radius 3 is 2.29 bits per heavy atom. The fourth-order valence-corrected chi connectivity index (χ4v) is 2.83. The molecular formula is C14H6Cl2F3NS. The molecule has 21 heavy (non-hydrogen) atoms. The van der Waals surface area contributed by atoms with Gasteiger partial charge < -0.3 is 0 Å². The summed E-state index contributed by atoms with van der Waals surface area (Å²) in [5.74, 6) is 0. The molecule has 0 aromatic heterocycles. The summed E-state index contributed by atoms with van der Waals surface area (Å²) in [6.07, 6.45) is -4.47. The molecule has 108 valence electrons. The predicted octanol–water partition coefficient (Wildman–Crippen LogP) is 6.04. The first-order valence-electron chi connectivity index (χ1n) is 5.55. The Morgan fingerprint density at radius 2 is 1.71 bits per heavy atom. The Morgan fingerprint density at radius 1 is 1.00 bits per heavy atom. The van der Waals surface area contributed by atoms with Crippen LogP contribution >= 0.6 is 35.0 Å². The third-order valence-corrected chi connectivity index (χ3v) is 4.35. The molecule has 0 radical (unpaired) electrons. The maximum atomic E-state index is 12.6. The number of hydrogen-bond donors (Lipinski definition) is 0. The molecule has 0 amide bonds. The third kappa shape index (κ3) is 3.85. The molecular weight excluding hydrogens is 342 g/mol. The van der Waals surface area contributed by atoms with E-state index in [1.54, 1.807) is 24.3 Å². The van der Waals surface area contributed by atoms with Crippen LogP contribution in [0.5, 0.6) is 0 Å². The molecule has 0 saturated carbocycles. The molecule has 0 unspecified atom stereocenters. The maximum absolute atomic E-state index is 12.6. The molecule has 0 N–H and O–H groups in total. The Balaban J connectivity index is 2.36. The normalized spacial score (nSPS) is 11.2. The second-order valence-electron chi connectivity index (χ2n) is 4.00. The maximum Gasteiger partial charge on any atom is 0.416 e. The van der Waals surface area contributed by atoms with E-state index in [-0.39, 0.29) is 5.56 Å². The average molecular weight is 348 g/mol. The highest BCUT2D eigenvalue weighted by Crippen LogP contribution is 2.37. The zero-order valence-corrected chi connectivity index (χ0v) is 12.5. The fraction of sp³-hybridized carbons (Fsp3) is 0.0714. The van der Waals surface area contributed by atoms with Crippen LogP contribution in [0.3, 0.4) is 0 Å². The van der Waals surface area contributed by atoms with Crippen LogP contribution in [0.25, 0.3) is 0 Å². The zero-order valence-electron chi connectivity index (χ0n) is 10.2. The predicted molar refractivity (Wildman–Crippen MR) is 76.7 cm³/mol. The number of nitriles is 1. The molecule has 2 aromatic carbocycles. The number of rotatable bonds is 2. The largest absolute Gasteiger partial charge is 0.416 e. The van der Waals surface area contributed by atoms with Crippen molar-refractivity contribution in [2.75, 3.05) is 0 Å². The van der Waals surface area contributed by atoms with Gasteiger partial charge >= 0.3 is 6.18 Å². The molecule has 2 aromatic rings. The highest BCUT2D eigenvalue weighted by atomic mass is 35.5. The third-order valence-electron chi connectivity index (χ3n) is 2.55. The van der Waals surface area contributed by atoms with Gasteiger partial charge in [0, 0.05) is 9.79 Å². The van der Waals surface area contributed by atoms with Crippen molar-refractivity contribution in [3.63, 3.8) is 0 Å². The van der Waals surface area contributed by atoms with Gasteiger partial charge in [0.15, 0.2) is 0 Å². The summed E-state index contributed by atoms with van der Waals surface area (Å²) in [7, 11) is 0. The molecule has 7 heteroatoms. The van der Waals surface area contributed by atoms with E-state index in [9.17, 15) is 13.2 Å². The van der Waals surface area contributed by atoms with Crippen LogP contribution in [0.15, 0.2) is 46.2 Å². The van der Waals surface area contributed by atoms with E-state index in [1.165, 1.54) is 6.07 Å². The van der Waals surface area contributed by atoms with E-state index in [0.29, 0.717) is 19.8 Å². The van der Waals surface area contributed by atoms with Crippen molar-refractivity contribution in [3.8, 4) is 6.07 Å². The SMILES string of the molecule is N#Cc1cc(C(F)(F)F)ccc1Sc1ccc(Cl)c(Cl)c1. The zero-order chi connectivity index (χ0) is 15.6. The first-order chi connectivity index (χ1) is 9.81. The van der Waals surface area contributed by atoms with E-state index in [2.05, 4.69) is 0 Å². The van der Waals surface area contributed by atoms with Crippen molar-refractivity contribution in [1.82, 2.24) is 0 Å². The van der Waals surface area contributed by atoms with Crippen LogP contribution in [0.1, 0.15) is 11.1 Å². The van der Waals surface area contributed by atoms with Gasteiger partial charge in [0.1, 0.15) is 6.07 Å². The summed E-state index contributed by atoms with van der Waals surface area (Å²) < 4.78 is 37.8. The number of nitrogens with zero attached hydrogens (tertiary/aromatic N) is 1. The van der Waals surface area contributed by atoms with Gasteiger partial charge in [-0.15, -0.1) is 0 Å². The summed E-state index contributed by atoms with van der Waals surface area (Å²) in [6, 6.07) is 9.68. The number of hydrogen-bond acceptors (Lipinski definition) is 2. The molecule has 0 heterocycles. The van der Waals surface area contributed by atoms with E-state index >= 15 is 0 Å². The molecule has 0 bridgehead atoms. The van der Waals surface area contributed by atoms with Gasteiger partial charge in [-0.25, -0.2) is 0 Å².